The van der Waals surface area contributed by atoms with Gasteiger partial charge in [-0.1, -0.05) is 24.3 Å². The number of benzene rings is 1. The molecule has 1 aromatic carbocycles. The van der Waals surface area contributed by atoms with Crippen LogP contribution in [0.1, 0.15) is 42.9 Å². The van der Waals surface area contributed by atoms with Crippen molar-refractivity contribution in [1.29, 1.82) is 0 Å². The van der Waals surface area contributed by atoms with E-state index in [4.69, 9.17) is 9.47 Å². The Labute approximate surface area is 159 Å². The number of rotatable bonds is 4. The summed E-state index contributed by atoms with van der Waals surface area (Å²) >= 11 is 0. The van der Waals surface area contributed by atoms with Crippen LogP contribution < -0.4 is 0 Å². The first-order valence-electron chi connectivity index (χ1n) is 9.95. The van der Waals surface area contributed by atoms with Crippen LogP contribution in [0.2, 0.25) is 0 Å². The van der Waals surface area contributed by atoms with Crippen molar-refractivity contribution >= 4 is 11.9 Å². The van der Waals surface area contributed by atoms with Gasteiger partial charge in [0.25, 0.3) is 0 Å². The van der Waals surface area contributed by atoms with E-state index in [0.29, 0.717) is 39.1 Å². The third-order valence-electron chi connectivity index (χ3n) is 6.26. The minimum atomic E-state index is -0.760. The molecule has 2 saturated heterocycles. The quantitative estimate of drug-likeness (QED) is 0.877. The molecular weight excluding hydrogens is 346 g/mol. The summed E-state index contributed by atoms with van der Waals surface area (Å²) in [5.74, 6) is -0.810. The van der Waals surface area contributed by atoms with E-state index in [9.17, 15) is 14.7 Å². The number of fused-ring (bicyclic) bond motifs is 1. The molecule has 3 aliphatic rings. The fraction of sp³-hybridized carbons (Fsp3) is 0.619. The molecular formula is C21H27NO5. The minimum absolute atomic E-state index is 0.122. The molecule has 4 rings (SSSR count). The summed E-state index contributed by atoms with van der Waals surface area (Å²) in [5.41, 5.74) is 2.41. The van der Waals surface area contributed by atoms with Crippen molar-refractivity contribution in [2.24, 2.45) is 11.8 Å². The smallest absolute Gasteiger partial charge is 0.309 e. The zero-order valence-electron chi connectivity index (χ0n) is 15.5. The molecule has 6 nitrogen and oxygen atoms in total. The molecule has 27 heavy (non-hydrogen) atoms. The van der Waals surface area contributed by atoms with Gasteiger partial charge in [0.2, 0.25) is 5.91 Å². The number of carbonyl (C=O) groups excluding carboxylic acids is 1. The maximum Gasteiger partial charge on any atom is 0.309 e. The lowest BCUT2D eigenvalue weighted by atomic mass is 9.84. The highest BCUT2D eigenvalue weighted by Gasteiger charge is 2.41. The van der Waals surface area contributed by atoms with Gasteiger partial charge in [-0.2, -0.15) is 0 Å². The summed E-state index contributed by atoms with van der Waals surface area (Å²) in [7, 11) is 0. The SMILES string of the molecule is O=C(O)C1CCO[C@H]1C1CCN(C(=O)CC2OCCc3ccccc32)CC1. The topological polar surface area (TPSA) is 76.1 Å². The molecule has 3 heterocycles. The summed E-state index contributed by atoms with van der Waals surface area (Å²) in [4.78, 5) is 26.1. The van der Waals surface area contributed by atoms with Crippen LogP contribution in [0.25, 0.3) is 0 Å². The van der Waals surface area contributed by atoms with Crippen LogP contribution in [-0.2, 0) is 25.5 Å². The Hall–Kier alpha value is -1.92. The van der Waals surface area contributed by atoms with E-state index in [1.807, 2.05) is 17.0 Å². The largest absolute Gasteiger partial charge is 0.481 e. The number of hydrogen-bond donors (Lipinski definition) is 1. The van der Waals surface area contributed by atoms with Gasteiger partial charge in [-0.25, -0.2) is 0 Å². The van der Waals surface area contributed by atoms with E-state index < -0.39 is 11.9 Å². The van der Waals surface area contributed by atoms with Crippen LogP contribution in [0.5, 0.6) is 0 Å². The fourth-order valence-corrected chi connectivity index (χ4v) is 4.75. The number of carboxylic acids is 1. The van der Waals surface area contributed by atoms with Crippen LogP contribution in [-0.4, -0.2) is 54.3 Å². The lowest BCUT2D eigenvalue weighted by Gasteiger charge is -2.36. The zero-order valence-corrected chi connectivity index (χ0v) is 15.5. The summed E-state index contributed by atoms with van der Waals surface area (Å²) in [6, 6.07) is 8.20. The summed E-state index contributed by atoms with van der Waals surface area (Å²) in [6.45, 7) is 2.53. The Morgan fingerprint density at radius 3 is 2.63 bits per heavy atom. The van der Waals surface area contributed by atoms with Gasteiger partial charge in [-0.15, -0.1) is 0 Å². The van der Waals surface area contributed by atoms with Crippen molar-refractivity contribution in [1.82, 2.24) is 4.90 Å². The molecule has 0 radical (unpaired) electrons. The first-order valence-corrected chi connectivity index (χ1v) is 9.95. The molecule has 0 saturated carbocycles. The van der Waals surface area contributed by atoms with Gasteiger partial charge in [0.15, 0.2) is 0 Å². The van der Waals surface area contributed by atoms with Crippen LogP contribution in [0.3, 0.4) is 0 Å². The second-order valence-corrected chi connectivity index (χ2v) is 7.80. The molecule has 1 N–H and O–H groups in total. The first-order chi connectivity index (χ1) is 13.1. The number of piperidine rings is 1. The molecule has 3 atom stereocenters. The van der Waals surface area contributed by atoms with Gasteiger partial charge in [-0.3, -0.25) is 9.59 Å². The van der Waals surface area contributed by atoms with Gasteiger partial charge in [0.05, 0.1) is 31.2 Å². The highest BCUT2D eigenvalue weighted by Crippen LogP contribution is 2.34. The summed E-state index contributed by atoms with van der Waals surface area (Å²) < 4.78 is 11.6. The minimum Gasteiger partial charge on any atom is -0.481 e. The van der Waals surface area contributed by atoms with Crippen LogP contribution in [0, 0.1) is 11.8 Å². The van der Waals surface area contributed by atoms with Crippen LogP contribution >= 0.6 is 0 Å². The second-order valence-electron chi connectivity index (χ2n) is 7.80. The third-order valence-corrected chi connectivity index (χ3v) is 6.26. The number of hydrogen-bond acceptors (Lipinski definition) is 4. The number of likely N-dealkylation sites (tertiary alicyclic amines) is 1. The van der Waals surface area contributed by atoms with Gasteiger partial charge >= 0.3 is 5.97 Å². The highest BCUT2D eigenvalue weighted by atomic mass is 16.5. The molecule has 0 aromatic heterocycles. The maximum absolute atomic E-state index is 12.8. The van der Waals surface area contributed by atoms with E-state index in [1.54, 1.807) is 0 Å². The number of nitrogens with zero attached hydrogens (tertiary/aromatic N) is 1. The number of aliphatic carboxylic acids is 1. The van der Waals surface area contributed by atoms with Crippen molar-refractivity contribution in [3.63, 3.8) is 0 Å². The highest BCUT2D eigenvalue weighted by molar-refractivity contribution is 5.77. The summed E-state index contributed by atoms with van der Waals surface area (Å²) in [5, 5.41) is 9.36. The van der Waals surface area contributed by atoms with Crippen LogP contribution in [0.4, 0.5) is 0 Å². The van der Waals surface area contributed by atoms with Gasteiger partial charge in [-0.05, 0) is 42.7 Å². The fourth-order valence-electron chi connectivity index (χ4n) is 4.75. The van der Waals surface area contributed by atoms with Gasteiger partial charge < -0.3 is 19.5 Å². The summed E-state index contributed by atoms with van der Waals surface area (Å²) in [6.07, 6.45) is 3.13. The standard InChI is InChI=1S/C21H27NO5/c23-19(13-18-16-4-2-1-3-14(16)7-11-26-18)22-9-5-15(6-10-22)20-17(21(24)25)8-12-27-20/h1-4,15,17-18,20H,5-13H2,(H,24,25)/t17?,18?,20-/m0/s1. The third kappa shape index (κ3) is 3.87. The first kappa shape index (κ1) is 18.4. The average Bonchev–Trinajstić information content (AvgIpc) is 3.19. The Kier molecular flexibility index (Phi) is 5.45. The number of carboxylic acid groups (broad SMARTS) is 1. The predicted molar refractivity (Wildman–Crippen MR) is 98.2 cm³/mol. The molecule has 0 spiro atoms. The monoisotopic (exact) mass is 373 g/mol. The van der Waals surface area contributed by atoms with Crippen molar-refractivity contribution in [2.75, 3.05) is 26.3 Å². The van der Waals surface area contributed by atoms with Crippen molar-refractivity contribution in [3.8, 4) is 0 Å². The van der Waals surface area contributed by atoms with E-state index in [0.717, 1.165) is 24.8 Å². The average molecular weight is 373 g/mol. The van der Waals surface area contributed by atoms with E-state index in [1.165, 1.54) is 5.56 Å². The molecule has 1 amide bonds. The van der Waals surface area contributed by atoms with Crippen molar-refractivity contribution in [3.05, 3.63) is 35.4 Å². The number of carbonyl (C=O) groups is 2. The van der Waals surface area contributed by atoms with Crippen molar-refractivity contribution < 1.29 is 24.2 Å². The molecule has 146 valence electrons. The molecule has 2 fully saturated rings. The lowest BCUT2D eigenvalue weighted by Crippen LogP contribution is -2.43. The van der Waals surface area contributed by atoms with Gasteiger partial charge in [0, 0.05) is 19.7 Å². The Morgan fingerprint density at radius 2 is 1.85 bits per heavy atom. The Morgan fingerprint density at radius 1 is 1.07 bits per heavy atom. The molecule has 0 aliphatic carbocycles. The molecule has 6 heteroatoms. The van der Waals surface area contributed by atoms with Gasteiger partial charge in [0.1, 0.15) is 0 Å². The number of ether oxygens (including phenoxy) is 2. The molecule has 2 unspecified atom stereocenters. The van der Waals surface area contributed by atoms with E-state index >= 15 is 0 Å². The number of amides is 1. The zero-order chi connectivity index (χ0) is 18.8. The van der Waals surface area contributed by atoms with E-state index in [-0.39, 0.29) is 24.0 Å². The Bertz CT molecular complexity index is 698. The van der Waals surface area contributed by atoms with E-state index in [2.05, 4.69) is 12.1 Å². The Balaban J connectivity index is 1.33. The molecule has 3 aliphatic heterocycles. The molecule has 1 aromatic rings. The second kappa shape index (κ2) is 7.98. The van der Waals surface area contributed by atoms with Crippen LogP contribution in [0.15, 0.2) is 24.3 Å². The predicted octanol–water partition coefficient (Wildman–Crippen LogP) is 2.42. The maximum atomic E-state index is 12.8. The normalized spacial score (nSPS) is 28.7. The lowest BCUT2D eigenvalue weighted by molar-refractivity contribution is -0.146. The molecule has 0 bridgehead atoms. The van der Waals surface area contributed by atoms with Crippen molar-refractivity contribution in [2.45, 2.75) is 44.3 Å².